The van der Waals surface area contributed by atoms with Crippen molar-refractivity contribution < 1.29 is 0 Å². The third-order valence-corrected chi connectivity index (χ3v) is 1.36. The molecule has 0 amide bonds. The monoisotopic (exact) mass is 526 g/mol. The summed E-state index contributed by atoms with van der Waals surface area (Å²) in [6, 6.07) is 0. The predicted molar refractivity (Wildman–Crippen MR) is 164 cm³/mol. The van der Waals surface area contributed by atoms with E-state index in [2.05, 4.69) is 37.7 Å². The largest absolute Gasteiger partial charge is 0.344 e. The lowest BCUT2D eigenvalue weighted by molar-refractivity contribution is 0.587. The van der Waals surface area contributed by atoms with Crippen LogP contribution < -0.4 is 48.9 Å². The topological polar surface area (TPSA) is 167 Å². The molecule has 0 aliphatic heterocycles. The third-order valence-electron chi connectivity index (χ3n) is 0.454. The van der Waals surface area contributed by atoms with E-state index in [9.17, 15) is 0 Å². The number of hydrogen-bond donors (Lipinski definition) is 9. The maximum Gasteiger partial charge on any atom is 0.164 e. The number of rotatable bonds is 2. The van der Waals surface area contributed by atoms with Crippen molar-refractivity contribution in [2.24, 2.45) is 22.9 Å². The Balaban J connectivity index is -0.0000000102. The molecule has 19 heteroatoms. The highest BCUT2D eigenvalue weighted by atomic mass is 29.1. The zero-order chi connectivity index (χ0) is 17.8. The molecular formula is C6H62N10Si9. The molecule has 0 fully saturated rings. The average molecular weight is 527 g/mol. The standard InChI is InChI=1S/3CH8N2Si.CH6N2.2CH4.H6N2Si.H6Si2.3H4Si/c1-3-4-2;1-3(2)4;1-2-3-4;1-3-2;;;1-2-3;1-2;;;/h3H,2,4H2,1H3;2H2,1,4H3;2-3H,1,4H3;3H,2H2,1H3;2*1H4;2H,1H2,3H3;1-2H3;3*1H4. The summed E-state index contributed by atoms with van der Waals surface area (Å²) in [6.45, 7) is 0. The van der Waals surface area contributed by atoms with E-state index in [1.165, 1.54) is 19.5 Å². The highest BCUT2D eigenvalue weighted by molar-refractivity contribution is 6.75. The Bertz CT molecular complexity index is 81.1. The smallest absolute Gasteiger partial charge is 0.164 e. The van der Waals surface area contributed by atoms with Crippen LogP contribution in [0, 0.1) is 0 Å². The second-order valence-corrected chi connectivity index (χ2v) is 6.20. The summed E-state index contributed by atoms with van der Waals surface area (Å²) in [4.78, 5) is 2.85. The van der Waals surface area contributed by atoms with Crippen molar-refractivity contribution in [3.05, 3.63) is 0 Å². The zero-order valence-corrected chi connectivity index (χ0v) is 26.4. The fourth-order valence-corrected chi connectivity index (χ4v) is 0. The van der Waals surface area contributed by atoms with Crippen molar-refractivity contribution in [2.75, 3.05) is 28.2 Å². The molecule has 0 bridgehead atoms. The fraction of sp³-hybridized carbons (Fsp3) is 1.00. The molecule has 0 aliphatic rings. The van der Waals surface area contributed by atoms with Gasteiger partial charge in [0.25, 0.3) is 0 Å². The molecule has 0 rings (SSSR count). The molecule has 0 aromatic carbocycles. The van der Waals surface area contributed by atoms with Crippen LogP contribution in [0.4, 0.5) is 0 Å². The Morgan fingerprint density at radius 2 is 1.00 bits per heavy atom. The molecule has 0 aromatic rings. The summed E-state index contributed by atoms with van der Waals surface area (Å²) >= 11 is 0. The van der Waals surface area contributed by atoms with Gasteiger partial charge < -0.3 is 10.4 Å². The van der Waals surface area contributed by atoms with E-state index in [4.69, 9.17) is 11.2 Å². The van der Waals surface area contributed by atoms with Crippen molar-refractivity contribution in [3.8, 4) is 0 Å². The maximum atomic E-state index is 5.06. The van der Waals surface area contributed by atoms with Crippen molar-refractivity contribution >= 4 is 93.5 Å². The fourth-order valence-electron chi connectivity index (χ4n) is 0. The molecule has 0 unspecified atom stereocenters. The second kappa shape index (κ2) is 138. The first-order valence-electron chi connectivity index (χ1n) is 6.24. The minimum absolute atomic E-state index is 0. The van der Waals surface area contributed by atoms with Gasteiger partial charge in [0.05, 0.1) is 31.2 Å². The Labute approximate surface area is 189 Å². The van der Waals surface area contributed by atoms with Crippen LogP contribution >= 0.6 is 0 Å². The second-order valence-electron chi connectivity index (χ2n) is 2.60. The molecule has 0 heterocycles. The number of nitrogens with zero attached hydrogens (tertiary/aromatic N) is 1. The molecule has 25 heavy (non-hydrogen) atoms. The number of hydrogen-bond acceptors (Lipinski definition) is 10. The predicted octanol–water partition coefficient (Wildman–Crippen LogP) is -14.4. The molecule has 10 nitrogen and oxygen atoms in total. The van der Waals surface area contributed by atoms with Crippen molar-refractivity contribution in [1.29, 1.82) is 0 Å². The lowest BCUT2D eigenvalue weighted by Gasteiger charge is -1.91. The van der Waals surface area contributed by atoms with Crippen molar-refractivity contribution in [1.82, 2.24) is 30.7 Å². The van der Waals surface area contributed by atoms with Crippen LogP contribution in [0.1, 0.15) is 14.9 Å². The molecule has 0 aliphatic carbocycles. The highest BCUT2D eigenvalue weighted by Crippen LogP contribution is 1.34. The Morgan fingerprint density at radius 1 is 0.920 bits per heavy atom. The first-order chi connectivity index (χ1) is 9.39. The van der Waals surface area contributed by atoms with Gasteiger partial charge in [0.2, 0.25) is 0 Å². The van der Waals surface area contributed by atoms with Crippen LogP contribution in [-0.4, -0.2) is 126 Å². The van der Waals surface area contributed by atoms with E-state index in [1.54, 1.807) is 11.7 Å². The molecule has 0 saturated heterocycles. The molecule has 172 valence electrons. The molecular weight excluding hydrogens is 465 g/mol. The van der Waals surface area contributed by atoms with Gasteiger partial charge >= 0.3 is 0 Å². The van der Waals surface area contributed by atoms with E-state index in [-0.39, 0.29) is 57.6 Å². The number of nitrogens with two attached hydrogens (primary N) is 4. The highest BCUT2D eigenvalue weighted by Gasteiger charge is 1.57. The molecule has 0 aromatic heterocycles. The van der Waals surface area contributed by atoms with Gasteiger partial charge in [-0.15, -0.1) is 0 Å². The van der Waals surface area contributed by atoms with Gasteiger partial charge in [0, 0.05) is 0 Å². The first-order valence-corrected chi connectivity index (χ1v) is 18.7. The van der Waals surface area contributed by atoms with Crippen LogP contribution in [0.15, 0.2) is 0 Å². The lowest BCUT2D eigenvalue weighted by atomic mass is 11.5. The van der Waals surface area contributed by atoms with E-state index in [1.807, 2.05) is 21.1 Å². The Morgan fingerprint density at radius 3 is 1.00 bits per heavy atom. The molecule has 0 atom stereocenters. The number of hydrazine groups is 4. The van der Waals surface area contributed by atoms with Gasteiger partial charge in [0.15, 0.2) is 9.84 Å². The SMILES string of the molecule is C.C.CN(N)[SiH3].CNN.CNN[SiH3].CN[SiH2]N.NN[SiH3].[SiH3][SiH3].[SiH4].[SiH4].[SiH4]. The summed E-state index contributed by atoms with van der Waals surface area (Å²) in [5.41, 5.74) is 4.99. The van der Waals surface area contributed by atoms with E-state index in [0.717, 1.165) is 31.2 Å². The lowest BCUT2D eigenvalue weighted by Crippen LogP contribution is -2.23. The minimum Gasteiger partial charge on any atom is -0.344 e. The van der Waals surface area contributed by atoms with Crippen LogP contribution in [0.5, 0.6) is 0 Å². The summed E-state index contributed by atoms with van der Waals surface area (Å²) < 4.78 is 1.64. The van der Waals surface area contributed by atoms with Crippen LogP contribution in [0.3, 0.4) is 0 Å². The molecule has 0 radical (unpaired) electrons. The Kier molecular flexibility index (Phi) is 397. The summed E-state index contributed by atoms with van der Waals surface area (Å²) in [7, 11) is 12.7. The molecule has 13 N–H and O–H groups in total. The first kappa shape index (κ1) is 71.7. The van der Waals surface area contributed by atoms with Crippen LogP contribution in [0.2, 0.25) is 0 Å². The van der Waals surface area contributed by atoms with Gasteiger partial charge in [-0.05, 0) is 80.6 Å². The maximum absolute atomic E-state index is 5.06. The third kappa shape index (κ3) is 1120. The van der Waals surface area contributed by atoms with Gasteiger partial charge in [-0.2, -0.15) is 0 Å². The molecule has 0 spiro atoms. The average Bonchev–Trinajstić information content (AvgIpc) is 2.42. The molecule has 0 saturated carbocycles. The summed E-state index contributed by atoms with van der Waals surface area (Å²) in [5, 5.41) is 10.3. The number of nitrogens with one attached hydrogen (secondary N) is 5. The van der Waals surface area contributed by atoms with E-state index >= 15 is 0 Å². The van der Waals surface area contributed by atoms with Crippen LogP contribution in [-0.2, 0) is 0 Å². The quantitative estimate of drug-likeness (QED) is 0.0956. The van der Waals surface area contributed by atoms with Gasteiger partial charge in [0.1, 0.15) is 0 Å². The summed E-state index contributed by atoms with van der Waals surface area (Å²) in [6.07, 6.45) is 0. The van der Waals surface area contributed by atoms with E-state index in [0.29, 0.717) is 0 Å². The Hall–Kier alpha value is 1.55. The summed E-state index contributed by atoms with van der Waals surface area (Å²) in [5.74, 6) is 14.3. The van der Waals surface area contributed by atoms with Crippen molar-refractivity contribution in [2.45, 2.75) is 14.9 Å². The van der Waals surface area contributed by atoms with E-state index < -0.39 is 0 Å². The van der Waals surface area contributed by atoms with Gasteiger partial charge in [-0.1, -0.05) is 14.9 Å². The normalized spacial score (nSPS) is 6.60. The van der Waals surface area contributed by atoms with Crippen molar-refractivity contribution in [3.63, 3.8) is 0 Å². The zero-order valence-electron chi connectivity index (χ0n) is 15.0. The van der Waals surface area contributed by atoms with Gasteiger partial charge in [-0.3, -0.25) is 43.2 Å². The van der Waals surface area contributed by atoms with Gasteiger partial charge in [-0.25, -0.2) is 0 Å². The van der Waals surface area contributed by atoms with Crippen LogP contribution in [0.25, 0.3) is 0 Å². The minimum atomic E-state index is -0.326.